The lowest BCUT2D eigenvalue weighted by Crippen LogP contribution is -2.43. The number of aromatic nitrogens is 1. The third-order valence-electron chi connectivity index (χ3n) is 3.56. The smallest absolute Gasteiger partial charge is 0.321 e. The van der Waals surface area contributed by atoms with E-state index in [1.54, 1.807) is 24.1 Å². The molecule has 0 aromatic carbocycles. The number of pyridine rings is 1. The van der Waals surface area contributed by atoms with Gasteiger partial charge < -0.3 is 20.1 Å². The number of likely N-dealkylation sites (N-methyl/N-ethyl adjacent to an activating group) is 1. The summed E-state index contributed by atoms with van der Waals surface area (Å²) in [6.45, 7) is 2.61. The molecular formula is C14H19N3O4. The Morgan fingerprint density at radius 2 is 2.29 bits per heavy atom. The zero-order chi connectivity index (χ0) is 15.4. The molecule has 7 nitrogen and oxygen atoms in total. The molecule has 114 valence electrons. The molecule has 1 saturated heterocycles. The number of aliphatic carboxylic acids is 1. The number of nitrogens with zero attached hydrogens (tertiary/aromatic N) is 2. The van der Waals surface area contributed by atoms with Gasteiger partial charge in [0.2, 0.25) is 0 Å². The van der Waals surface area contributed by atoms with Gasteiger partial charge in [-0.05, 0) is 25.5 Å². The summed E-state index contributed by atoms with van der Waals surface area (Å²) >= 11 is 0. The predicted octanol–water partition coefficient (Wildman–Crippen LogP) is 1.35. The molecule has 0 saturated carbocycles. The minimum atomic E-state index is -0.936. The average molecular weight is 293 g/mol. The normalized spacial score (nSPS) is 21.0. The lowest BCUT2D eigenvalue weighted by Gasteiger charge is -2.26. The van der Waals surface area contributed by atoms with Crippen LogP contribution in [0, 0.1) is 0 Å². The van der Waals surface area contributed by atoms with Gasteiger partial charge >= 0.3 is 12.0 Å². The number of anilines is 1. The minimum Gasteiger partial charge on any atom is -0.481 e. The molecular weight excluding hydrogens is 274 g/mol. The van der Waals surface area contributed by atoms with Gasteiger partial charge in [0.1, 0.15) is 0 Å². The second-order valence-electron chi connectivity index (χ2n) is 5.08. The highest BCUT2D eigenvalue weighted by Gasteiger charge is 2.30. The molecule has 1 aliphatic rings. The number of amides is 2. The van der Waals surface area contributed by atoms with E-state index < -0.39 is 5.97 Å². The average Bonchev–Trinajstić information content (AvgIpc) is 2.85. The van der Waals surface area contributed by atoms with Crippen LogP contribution >= 0.6 is 0 Å². The molecule has 7 heteroatoms. The molecule has 2 unspecified atom stereocenters. The van der Waals surface area contributed by atoms with Gasteiger partial charge in [-0.2, -0.15) is 0 Å². The second-order valence-corrected chi connectivity index (χ2v) is 5.08. The Kier molecular flexibility index (Phi) is 4.74. The van der Waals surface area contributed by atoms with Crippen molar-refractivity contribution in [1.29, 1.82) is 0 Å². The van der Waals surface area contributed by atoms with Crippen molar-refractivity contribution >= 4 is 17.7 Å². The molecule has 0 bridgehead atoms. The number of carbonyl (C=O) groups excluding carboxylic acids is 1. The van der Waals surface area contributed by atoms with E-state index in [-0.39, 0.29) is 24.6 Å². The van der Waals surface area contributed by atoms with E-state index in [1.807, 2.05) is 6.92 Å². The third kappa shape index (κ3) is 3.91. The molecule has 2 rings (SSSR count). The van der Waals surface area contributed by atoms with Crippen LogP contribution < -0.4 is 5.32 Å². The first-order valence-electron chi connectivity index (χ1n) is 6.79. The third-order valence-corrected chi connectivity index (χ3v) is 3.56. The Morgan fingerprint density at radius 1 is 1.52 bits per heavy atom. The molecule has 2 heterocycles. The Balaban J connectivity index is 1.94. The molecule has 1 aromatic heterocycles. The van der Waals surface area contributed by atoms with E-state index in [0.717, 1.165) is 6.42 Å². The predicted molar refractivity (Wildman–Crippen MR) is 76.2 cm³/mol. The van der Waals surface area contributed by atoms with Crippen molar-refractivity contribution < 1.29 is 19.4 Å². The number of ether oxygens (including phenoxy) is 1. The fourth-order valence-electron chi connectivity index (χ4n) is 2.35. The van der Waals surface area contributed by atoms with Crippen LogP contribution in [-0.4, -0.2) is 52.8 Å². The zero-order valence-corrected chi connectivity index (χ0v) is 12.1. The zero-order valence-electron chi connectivity index (χ0n) is 12.1. The first-order chi connectivity index (χ1) is 9.97. The molecule has 1 fully saturated rings. The van der Waals surface area contributed by atoms with E-state index in [2.05, 4.69) is 10.3 Å². The fourth-order valence-corrected chi connectivity index (χ4v) is 2.35. The maximum Gasteiger partial charge on any atom is 0.321 e. The number of rotatable bonds is 4. The molecule has 0 spiro atoms. The second kappa shape index (κ2) is 6.53. The van der Waals surface area contributed by atoms with E-state index >= 15 is 0 Å². The SMILES string of the molecule is CC1OCCC1N(C)C(=O)Nc1ccc(CC(=O)O)nc1. The summed E-state index contributed by atoms with van der Waals surface area (Å²) in [6, 6.07) is 3.06. The van der Waals surface area contributed by atoms with E-state index in [4.69, 9.17) is 9.84 Å². The minimum absolute atomic E-state index is 0.0248. The highest BCUT2D eigenvalue weighted by Crippen LogP contribution is 2.19. The van der Waals surface area contributed by atoms with Crippen molar-refractivity contribution in [3.63, 3.8) is 0 Å². The molecule has 2 amide bonds. The molecule has 0 radical (unpaired) electrons. The summed E-state index contributed by atoms with van der Waals surface area (Å²) in [6.07, 6.45) is 2.17. The van der Waals surface area contributed by atoms with Gasteiger partial charge in [0.25, 0.3) is 0 Å². The summed E-state index contributed by atoms with van der Waals surface area (Å²) in [4.78, 5) is 28.3. The highest BCUT2D eigenvalue weighted by molar-refractivity contribution is 5.89. The first-order valence-corrected chi connectivity index (χ1v) is 6.79. The fraction of sp³-hybridized carbons (Fsp3) is 0.500. The van der Waals surface area contributed by atoms with Crippen LogP contribution in [-0.2, 0) is 16.0 Å². The number of hydrogen-bond acceptors (Lipinski definition) is 4. The summed E-state index contributed by atoms with van der Waals surface area (Å²) in [5, 5.41) is 11.4. The molecule has 21 heavy (non-hydrogen) atoms. The summed E-state index contributed by atoms with van der Waals surface area (Å²) < 4.78 is 5.45. The number of carbonyl (C=O) groups is 2. The van der Waals surface area contributed by atoms with E-state index in [0.29, 0.717) is 18.0 Å². The van der Waals surface area contributed by atoms with Crippen LogP contribution in [0.15, 0.2) is 18.3 Å². The largest absolute Gasteiger partial charge is 0.481 e. The van der Waals surface area contributed by atoms with Crippen LogP contribution in [0.3, 0.4) is 0 Å². The molecule has 0 aliphatic carbocycles. The first kappa shape index (κ1) is 15.2. The van der Waals surface area contributed by atoms with Gasteiger partial charge in [0.05, 0.1) is 36.1 Å². The van der Waals surface area contributed by atoms with Crippen LogP contribution in [0.1, 0.15) is 19.0 Å². The highest BCUT2D eigenvalue weighted by atomic mass is 16.5. The molecule has 2 atom stereocenters. The lowest BCUT2D eigenvalue weighted by atomic mass is 10.1. The van der Waals surface area contributed by atoms with Gasteiger partial charge in [-0.3, -0.25) is 9.78 Å². The van der Waals surface area contributed by atoms with E-state index in [1.165, 1.54) is 6.20 Å². The summed E-state index contributed by atoms with van der Waals surface area (Å²) in [7, 11) is 1.73. The standard InChI is InChI=1S/C14H19N3O4/c1-9-12(5-6-21-9)17(2)14(20)16-11-4-3-10(15-8-11)7-13(18)19/h3-4,8-9,12H,5-7H2,1-2H3,(H,16,20)(H,18,19). The number of urea groups is 1. The van der Waals surface area contributed by atoms with Gasteiger partial charge in [0.15, 0.2) is 0 Å². The van der Waals surface area contributed by atoms with Gasteiger partial charge in [-0.25, -0.2) is 4.79 Å². The monoisotopic (exact) mass is 293 g/mol. The summed E-state index contributed by atoms with van der Waals surface area (Å²) in [5.74, 6) is -0.936. The Hall–Kier alpha value is -2.15. The van der Waals surface area contributed by atoms with Crippen molar-refractivity contribution in [2.45, 2.75) is 31.9 Å². The Morgan fingerprint density at radius 3 is 2.81 bits per heavy atom. The summed E-state index contributed by atoms with van der Waals surface area (Å²) in [5.41, 5.74) is 0.985. The van der Waals surface area contributed by atoms with Gasteiger partial charge in [-0.15, -0.1) is 0 Å². The maximum absolute atomic E-state index is 12.1. The lowest BCUT2D eigenvalue weighted by molar-refractivity contribution is -0.136. The van der Waals surface area contributed by atoms with Crippen molar-refractivity contribution in [2.75, 3.05) is 19.0 Å². The van der Waals surface area contributed by atoms with Gasteiger partial charge in [-0.1, -0.05) is 0 Å². The van der Waals surface area contributed by atoms with Crippen molar-refractivity contribution in [2.24, 2.45) is 0 Å². The molecule has 2 N–H and O–H groups in total. The molecule has 1 aliphatic heterocycles. The number of carboxylic acid groups (broad SMARTS) is 1. The maximum atomic E-state index is 12.1. The molecule has 1 aromatic rings. The number of nitrogens with one attached hydrogen (secondary N) is 1. The quantitative estimate of drug-likeness (QED) is 0.874. The van der Waals surface area contributed by atoms with Gasteiger partial charge in [0, 0.05) is 13.7 Å². The topological polar surface area (TPSA) is 91.8 Å². The van der Waals surface area contributed by atoms with Crippen LogP contribution in [0.2, 0.25) is 0 Å². The van der Waals surface area contributed by atoms with Crippen LogP contribution in [0.5, 0.6) is 0 Å². The Labute approximate surface area is 122 Å². The number of hydrogen-bond donors (Lipinski definition) is 2. The van der Waals surface area contributed by atoms with Crippen molar-refractivity contribution in [3.05, 3.63) is 24.0 Å². The van der Waals surface area contributed by atoms with Crippen molar-refractivity contribution in [1.82, 2.24) is 9.88 Å². The van der Waals surface area contributed by atoms with Crippen LogP contribution in [0.4, 0.5) is 10.5 Å². The number of carboxylic acids is 1. The van der Waals surface area contributed by atoms with Crippen LogP contribution in [0.25, 0.3) is 0 Å². The Bertz CT molecular complexity index is 517. The van der Waals surface area contributed by atoms with Crippen molar-refractivity contribution in [3.8, 4) is 0 Å². The van der Waals surface area contributed by atoms with E-state index in [9.17, 15) is 9.59 Å².